The Hall–Kier alpha value is -1.82. The van der Waals surface area contributed by atoms with Crippen LogP contribution in [0.3, 0.4) is 0 Å². The second-order valence-corrected chi connectivity index (χ2v) is 3.88. The molecular formula is C11H17N5O. The van der Waals surface area contributed by atoms with Gasteiger partial charge < -0.3 is 20.6 Å². The number of hydrogen-bond acceptors (Lipinski definition) is 5. The van der Waals surface area contributed by atoms with Crippen molar-refractivity contribution >= 4 is 17.3 Å². The number of hydrogen-bond donors (Lipinski definition) is 3. The highest BCUT2D eigenvalue weighted by atomic mass is 16.2. The molecule has 92 valence electrons. The van der Waals surface area contributed by atoms with Crippen LogP contribution >= 0.6 is 0 Å². The van der Waals surface area contributed by atoms with E-state index in [0.29, 0.717) is 11.6 Å². The lowest BCUT2D eigenvalue weighted by atomic mass is 10.2. The summed E-state index contributed by atoms with van der Waals surface area (Å²) in [5, 5.41) is 11.9. The second-order valence-electron chi connectivity index (χ2n) is 3.88. The fraction of sp³-hybridized carbons (Fsp3) is 0.455. The molecule has 2 aromatic rings. The number of nitrogen functional groups attached to an aromatic ring is 1. The molecule has 2 rings (SSSR count). The zero-order valence-corrected chi connectivity index (χ0v) is 9.63. The Labute approximate surface area is 99.5 Å². The molecule has 0 atom stereocenters. The van der Waals surface area contributed by atoms with E-state index in [-0.39, 0.29) is 6.61 Å². The normalized spacial score (nSPS) is 10.9. The van der Waals surface area contributed by atoms with Crippen molar-refractivity contribution in [1.82, 2.24) is 14.4 Å². The monoisotopic (exact) mass is 235 g/mol. The van der Waals surface area contributed by atoms with Crippen LogP contribution in [-0.2, 0) is 0 Å². The minimum Gasteiger partial charge on any atom is -0.396 e. The van der Waals surface area contributed by atoms with Crippen molar-refractivity contribution in [2.24, 2.45) is 0 Å². The Balaban J connectivity index is 2.00. The molecule has 0 spiro atoms. The lowest BCUT2D eigenvalue weighted by Crippen LogP contribution is -2.07. The molecule has 2 aromatic heterocycles. The van der Waals surface area contributed by atoms with E-state index in [0.717, 1.165) is 31.5 Å². The van der Waals surface area contributed by atoms with Crippen LogP contribution in [0.25, 0.3) is 5.65 Å². The van der Waals surface area contributed by atoms with Crippen molar-refractivity contribution in [2.45, 2.75) is 19.3 Å². The minimum atomic E-state index is 0.251. The predicted molar refractivity (Wildman–Crippen MR) is 66.8 cm³/mol. The van der Waals surface area contributed by atoms with E-state index in [1.807, 2.05) is 10.6 Å². The summed E-state index contributed by atoms with van der Waals surface area (Å²) in [5.74, 6) is 1.17. The molecule has 0 aliphatic rings. The van der Waals surface area contributed by atoms with Crippen molar-refractivity contribution < 1.29 is 5.11 Å². The van der Waals surface area contributed by atoms with E-state index in [4.69, 9.17) is 10.8 Å². The number of aliphatic hydroxyl groups excluding tert-OH is 1. The molecule has 0 aromatic carbocycles. The van der Waals surface area contributed by atoms with Crippen LogP contribution in [0.1, 0.15) is 19.3 Å². The second kappa shape index (κ2) is 5.49. The Morgan fingerprint density at radius 2 is 2.24 bits per heavy atom. The van der Waals surface area contributed by atoms with E-state index in [2.05, 4.69) is 15.3 Å². The maximum absolute atomic E-state index is 8.67. The molecule has 6 nitrogen and oxygen atoms in total. The number of aliphatic hydroxyl groups is 1. The van der Waals surface area contributed by atoms with Crippen molar-refractivity contribution in [2.75, 3.05) is 24.2 Å². The van der Waals surface area contributed by atoms with Crippen molar-refractivity contribution in [3.05, 3.63) is 18.6 Å². The number of nitrogens with zero attached hydrogens (tertiary/aromatic N) is 3. The van der Waals surface area contributed by atoms with E-state index in [9.17, 15) is 0 Å². The maximum atomic E-state index is 8.67. The van der Waals surface area contributed by atoms with Gasteiger partial charge in [0.25, 0.3) is 0 Å². The smallest absolute Gasteiger partial charge is 0.180 e. The van der Waals surface area contributed by atoms with E-state index in [1.165, 1.54) is 0 Å². The number of unbranched alkanes of at least 4 members (excludes halogenated alkanes) is 2. The van der Waals surface area contributed by atoms with Gasteiger partial charge in [-0.1, -0.05) is 0 Å². The molecule has 0 radical (unpaired) electrons. The van der Waals surface area contributed by atoms with E-state index < -0.39 is 0 Å². The number of aromatic nitrogens is 3. The van der Waals surface area contributed by atoms with Crippen LogP contribution < -0.4 is 11.1 Å². The third-order valence-electron chi connectivity index (χ3n) is 2.52. The highest BCUT2D eigenvalue weighted by molar-refractivity contribution is 5.64. The minimum absolute atomic E-state index is 0.251. The first-order chi connectivity index (χ1) is 8.31. The lowest BCUT2D eigenvalue weighted by Gasteiger charge is -2.07. The van der Waals surface area contributed by atoms with Crippen LogP contribution in [0.15, 0.2) is 18.6 Å². The molecule has 0 saturated heterocycles. The first-order valence-corrected chi connectivity index (χ1v) is 5.75. The van der Waals surface area contributed by atoms with Crippen LogP contribution in [0.2, 0.25) is 0 Å². The number of nitrogens with two attached hydrogens (primary N) is 1. The Morgan fingerprint density at radius 3 is 3.06 bits per heavy atom. The highest BCUT2D eigenvalue weighted by Gasteiger charge is 2.04. The van der Waals surface area contributed by atoms with Gasteiger partial charge in [0.15, 0.2) is 11.5 Å². The number of anilines is 2. The first-order valence-electron chi connectivity index (χ1n) is 5.75. The molecule has 4 N–H and O–H groups in total. The predicted octanol–water partition coefficient (Wildman–Crippen LogP) is 0.886. The lowest BCUT2D eigenvalue weighted by molar-refractivity contribution is 0.283. The SMILES string of the molecule is Nc1cn2ccnc2c(NCCCCCO)n1. The number of fused-ring (bicyclic) bond motifs is 1. The third kappa shape index (κ3) is 2.85. The average Bonchev–Trinajstić information content (AvgIpc) is 2.76. The number of rotatable bonds is 6. The van der Waals surface area contributed by atoms with Gasteiger partial charge in [0, 0.05) is 25.5 Å². The molecule has 0 aliphatic heterocycles. The molecule has 0 unspecified atom stereocenters. The molecular weight excluding hydrogens is 218 g/mol. The first kappa shape index (κ1) is 11.7. The Bertz CT molecular complexity index is 482. The van der Waals surface area contributed by atoms with Crippen molar-refractivity contribution in [3.8, 4) is 0 Å². The fourth-order valence-electron chi connectivity index (χ4n) is 1.69. The van der Waals surface area contributed by atoms with Crippen LogP contribution in [-0.4, -0.2) is 32.6 Å². The third-order valence-corrected chi connectivity index (χ3v) is 2.52. The zero-order chi connectivity index (χ0) is 12.1. The molecule has 0 fully saturated rings. The quantitative estimate of drug-likeness (QED) is 0.647. The molecule has 6 heteroatoms. The molecule has 17 heavy (non-hydrogen) atoms. The van der Waals surface area contributed by atoms with Gasteiger partial charge >= 0.3 is 0 Å². The molecule has 2 heterocycles. The number of nitrogens with one attached hydrogen (secondary N) is 1. The highest BCUT2D eigenvalue weighted by Crippen LogP contribution is 2.14. The van der Waals surface area contributed by atoms with Gasteiger partial charge in [-0.15, -0.1) is 0 Å². The molecule has 0 amide bonds. The van der Waals surface area contributed by atoms with Gasteiger partial charge in [0.2, 0.25) is 0 Å². The van der Waals surface area contributed by atoms with E-state index in [1.54, 1.807) is 12.4 Å². The largest absolute Gasteiger partial charge is 0.396 e. The van der Waals surface area contributed by atoms with Gasteiger partial charge in [-0.05, 0) is 19.3 Å². The van der Waals surface area contributed by atoms with Crippen LogP contribution in [0.5, 0.6) is 0 Å². The Morgan fingerprint density at radius 1 is 1.35 bits per heavy atom. The van der Waals surface area contributed by atoms with Crippen LogP contribution in [0, 0.1) is 0 Å². The van der Waals surface area contributed by atoms with Gasteiger partial charge in [0.05, 0.1) is 6.20 Å². The summed E-state index contributed by atoms with van der Waals surface area (Å²) >= 11 is 0. The summed E-state index contributed by atoms with van der Waals surface area (Å²) in [6.07, 6.45) is 8.11. The van der Waals surface area contributed by atoms with Gasteiger partial charge in [-0.25, -0.2) is 9.97 Å². The van der Waals surface area contributed by atoms with Gasteiger partial charge in [-0.2, -0.15) is 0 Å². The summed E-state index contributed by atoms with van der Waals surface area (Å²) in [4.78, 5) is 8.44. The van der Waals surface area contributed by atoms with E-state index >= 15 is 0 Å². The van der Waals surface area contributed by atoms with Crippen LogP contribution in [0.4, 0.5) is 11.6 Å². The maximum Gasteiger partial charge on any atom is 0.180 e. The van der Waals surface area contributed by atoms with Crippen molar-refractivity contribution in [1.29, 1.82) is 0 Å². The summed E-state index contributed by atoms with van der Waals surface area (Å²) in [6, 6.07) is 0. The van der Waals surface area contributed by atoms with Crippen molar-refractivity contribution in [3.63, 3.8) is 0 Å². The summed E-state index contributed by atoms with van der Waals surface area (Å²) in [6.45, 7) is 1.06. The molecule has 0 aliphatic carbocycles. The average molecular weight is 235 g/mol. The summed E-state index contributed by atoms with van der Waals surface area (Å²) in [7, 11) is 0. The fourth-order valence-corrected chi connectivity index (χ4v) is 1.69. The summed E-state index contributed by atoms with van der Waals surface area (Å²) in [5.41, 5.74) is 6.48. The number of imidazole rings is 1. The molecule has 0 saturated carbocycles. The van der Waals surface area contributed by atoms with Gasteiger partial charge in [-0.3, -0.25) is 0 Å². The summed E-state index contributed by atoms with van der Waals surface area (Å²) < 4.78 is 1.85. The Kier molecular flexibility index (Phi) is 3.77. The standard InChI is InChI=1S/C11H17N5O/c12-9-8-16-6-5-14-11(16)10(15-9)13-4-2-1-3-7-17/h5-6,8,17H,1-4,7,12H2,(H,13,15). The molecule has 0 bridgehead atoms. The zero-order valence-electron chi connectivity index (χ0n) is 9.63. The topological polar surface area (TPSA) is 88.5 Å². The van der Waals surface area contributed by atoms with Gasteiger partial charge in [0.1, 0.15) is 5.82 Å².